The van der Waals surface area contributed by atoms with Crippen molar-refractivity contribution in [1.82, 2.24) is 0 Å². The SMILES string of the molecule is Fc1ccc(Sc2ccc3c(c2)-c2cc(Sc4ccc(F)cc4)ccc2[SH]3c2ccc(F)cc2)cc1. The molecule has 36 heavy (non-hydrogen) atoms. The summed E-state index contributed by atoms with van der Waals surface area (Å²) in [6.45, 7) is 0. The lowest BCUT2D eigenvalue weighted by Crippen LogP contribution is -1.84. The summed E-state index contributed by atoms with van der Waals surface area (Å²) in [6.07, 6.45) is 0. The van der Waals surface area contributed by atoms with Crippen LogP contribution in [0.5, 0.6) is 0 Å². The van der Waals surface area contributed by atoms with E-state index < -0.39 is 10.9 Å². The molecular formula is C30H19F3S3. The van der Waals surface area contributed by atoms with Crippen molar-refractivity contribution in [2.75, 3.05) is 0 Å². The summed E-state index contributed by atoms with van der Waals surface area (Å²) < 4.78 is 40.4. The van der Waals surface area contributed by atoms with Crippen molar-refractivity contribution >= 4 is 34.4 Å². The van der Waals surface area contributed by atoms with Gasteiger partial charge in [0, 0.05) is 29.4 Å². The van der Waals surface area contributed by atoms with Gasteiger partial charge in [-0.15, -0.1) is 0 Å². The van der Waals surface area contributed by atoms with E-state index in [1.54, 1.807) is 47.8 Å². The highest BCUT2D eigenvalue weighted by atomic mass is 32.2. The molecule has 0 aromatic heterocycles. The van der Waals surface area contributed by atoms with Gasteiger partial charge in [0.15, 0.2) is 0 Å². The molecule has 0 bridgehead atoms. The van der Waals surface area contributed by atoms with Crippen molar-refractivity contribution in [3.05, 3.63) is 127 Å². The van der Waals surface area contributed by atoms with E-state index in [1.807, 2.05) is 12.1 Å². The van der Waals surface area contributed by atoms with Crippen LogP contribution in [0.15, 0.2) is 143 Å². The molecular weight excluding hydrogens is 514 g/mol. The number of halogens is 3. The number of thiol groups is 1. The van der Waals surface area contributed by atoms with Crippen LogP contribution in [-0.4, -0.2) is 0 Å². The molecule has 5 aromatic rings. The predicted molar refractivity (Wildman–Crippen MR) is 143 cm³/mol. The van der Waals surface area contributed by atoms with E-state index in [4.69, 9.17) is 0 Å². The molecule has 0 amide bonds. The zero-order valence-electron chi connectivity index (χ0n) is 18.8. The van der Waals surface area contributed by atoms with Gasteiger partial charge in [0.2, 0.25) is 0 Å². The first-order valence-electron chi connectivity index (χ1n) is 11.2. The molecule has 0 N–H and O–H groups in total. The topological polar surface area (TPSA) is 0 Å². The predicted octanol–water partition coefficient (Wildman–Crippen LogP) is 9.86. The van der Waals surface area contributed by atoms with Gasteiger partial charge >= 0.3 is 0 Å². The Morgan fingerprint density at radius 2 is 0.778 bits per heavy atom. The highest BCUT2D eigenvalue weighted by Crippen LogP contribution is 2.63. The van der Waals surface area contributed by atoms with Crippen LogP contribution in [0, 0.1) is 17.5 Å². The molecule has 0 saturated carbocycles. The molecule has 1 heterocycles. The second-order valence-corrected chi connectivity index (χ2v) is 12.7. The summed E-state index contributed by atoms with van der Waals surface area (Å²) in [7, 11) is -0.821. The van der Waals surface area contributed by atoms with Gasteiger partial charge in [-0.2, -0.15) is 10.9 Å². The van der Waals surface area contributed by atoms with Crippen LogP contribution in [0.1, 0.15) is 0 Å². The van der Waals surface area contributed by atoms with Gasteiger partial charge in [-0.25, -0.2) is 13.2 Å². The van der Waals surface area contributed by atoms with Crippen LogP contribution in [-0.2, 0) is 0 Å². The normalized spacial score (nSPS) is 12.9. The Hall–Kier alpha value is -3.06. The fourth-order valence-corrected chi connectivity index (χ4v) is 8.53. The van der Waals surface area contributed by atoms with Crippen LogP contribution in [0.2, 0.25) is 0 Å². The minimum atomic E-state index is -0.821. The average molecular weight is 533 g/mol. The molecule has 0 saturated heterocycles. The van der Waals surface area contributed by atoms with Gasteiger partial charge in [0.1, 0.15) is 17.5 Å². The molecule has 0 unspecified atom stereocenters. The molecule has 0 fully saturated rings. The van der Waals surface area contributed by atoms with Crippen molar-refractivity contribution in [3.63, 3.8) is 0 Å². The van der Waals surface area contributed by atoms with Gasteiger partial charge in [-0.3, -0.25) is 0 Å². The minimum absolute atomic E-state index is 0.245. The fraction of sp³-hybridized carbons (Fsp3) is 0. The van der Waals surface area contributed by atoms with Crippen molar-refractivity contribution in [3.8, 4) is 11.1 Å². The molecule has 1 aliphatic rings. The van der Waals surface area contributed by atoms with E-state index >= 15 is 0 Å². The molecule has 5 aromatic carbocycles. The van der Waals surface area contributed by atoms with E-state index in [1.165, 1.54) is 46.2 Å². The summed E-state index contributed by atoms with van der Waals surface area (Å²) in [5, 5.41) is 0. The zero-order valence-corrected chi connectivity index (χ0v) is 21.3. The first-order valence-corrected chi connectivity index (χ1v) is 14.2. The Bertz CT molecular complexity index is 1450. The summed E-state index contributed by atoms with van der Waals surface area (Å²) in [6, 6.07) is 32.7. The third-order valence-corrected chi connectivity index (χ3v) is 10.4. The Labute approximate surface area is 218 Å². The van der Waals surface area contributed by atoms with Crippen LogP contribution < -0.4 is 0 Å². The van der Waals surface area contributed by atoms with E-state index in [9.17, 15) is 13.2 Å². The van der Waals surface area contributed by atoms with Gasteiger partial charge in [-0.05, 0) is 125 Å². The van der Waals surface area contributed by atoms with Gasteiger partial charge < -0.3 is 0 Å². The molecule has 0 spiro atoms. The maximum atomic E-state index is 13.7. The first-order chi connectivity index (χ1) is 17.5. The molecule has 0 atom stereocenters. The molecule has 6 rings (SSSR count). The summed E-state index contributed by atoms with van der Waals surface area (Å²) in [5.74, 6) is -0.748. The third kappa shape index (κ3) is 4.69. The van der Waals surface area contributed by atoms with Crippen LogP contribution in [0.3, 0.4) is 0 Å². The van der Waals surface area contributed by atoms with E-state index in [0.717, 1.165) is 35.6 Å². The summed E-state index contributed by atoms with van der Waals surface area (Å²) in [5.41, 5.74) is 2.32. The number of rotatable bonds is 5. The second kappa shape index (κ2) is 9.77. The third-order valence-electron chi connectivity index (χ3n) is 5.89. The highest BCUT2D eigenvalue weighted by molar-refractivity contribution is 8.17. The standard InChI is InChI=1S/C30H19F3S3/c31-19-1-7-22(8-2-19)34-24-11-15-29-27(17-24)28-18-25(35-23-9-3-20(32)4-10-23)12-16-30(28)36(29)26-13-5-21(33)6-14-26/h1-18,36H. The van der Waals surface area contributed by atoms with Crippen molar-refractivity contribution in [2.24, 2.45) is 0 Å². The van der Waals surface area contributed by atoms with Gasteiger partial charge in [0.05, 0.1) is 0 Å². The molecule has 6 heteroatoms. The largest absolute Gasteiger partial charge is 0.207 e. The summed E-state index contributed by atoms with van der Waals surface area (Å²) in [4.78, 5) is 7.65. The van der Waals surface area contributed by atoms with Crippen molar-refractivity contribution in [1.29, 1.82) is 0 Å². The van der Waals surface area contributed by atoms with Gasteiger partial charge in [-0.1, -0.05) is 23.5 Å². The maximum Gasteiger partial charge on any atom is 0.123 e. The van der Waals surface area contributed by atoms with Crippen molar-refractivity contribution in [2.45, 2.75) is 34.3 Å². The quantitative estimate of drug-likeness (QED) is 0.219. The molecule has 0 radical (unpaired) electrons. The van der Waals surface area contributed by atoms with Crippen LogP contribution >= 0.6 is 34.4 Å². The van der Waals surface area contributed by atoms with E-state index in [0.29, 0.717) is 0 Å². The Morgan fingerprint density at radius 1 is 0.417 bits per heavy atom. The number of hydrogen-bond acceptors (Lipinski definition) is 2. The van der Waals surface area contributed by atoms with E-state index in [-0.39, 0.29) is 17.5 Å². The maximum absolute atomic E-state index is 13.7. The summed E-state index contributed by atoms with van der Waals surface area (Å²) >= 11 is 3.19. The van der Waals surface area contributed by atoms with E-state index in [2.05, 4.69) is 36.4 Å². The Balaban J connectivity index is 1.42. The lowest BCUT2D eigenvalue weighted by molar-refractivity contribution is 0.626. The Morgan fingerprint density at radius 3 is 1.19 bits per heavy atom. The lowest BCUT2D eigenvalue weighted by Gasteiger charge is -2.19. The first kappa shape index (κ1) is 23.3. The second-order valence-electron chi connectivity index (χ2n) is 8.28. The molecule has 178 valence electrons. The number of fused-ring (bicyclic) bond motifs is 3. The Kier molecular flexibility index (Phi) is 6.34. The fourth-order valence-electron chi connectivity index (χ4n) is 4.25. The minimum Gasteiger partial charge on any atom is -0.207 e. The zero-order chi connectivity index (χ0) is 24.6. The molecule has 1 aliphatic heterocycles. The van der Waals surface area contributed by atoms with Crippen LogP contribution in [0.4, 0.5) is 13.2 Å². The van der Waals surface area contributed by atoms with Gasteiger partial charge in [0.25, 0.3) is 0 Å². The number of benzene rings is 5. The highest BCUT2D eigenvalue weighted by Gasteiger charge is 2.28. The molecule has 0 aliphatic carbocycles. The average Bonchev–Trinajstić information content (AvgIpc) is 3.20. The van der Waals surface area contributed by atoms with Crippen molar-refractivity contribution < 1.29 is 13.2 Å². The van der Waals surface area contributed by atoms with Crippen LogP contribution in [0.25, 0.3) is 11.1 Å². The number of hydrogen-bond donors (Lipinski definition) is 1. The lowest BCUT2D eigenvalue weighted by atomic mass is 10.1. The monoisotopic (exact) mass is 532 g/mol. The smallest absolute Gasteiger partial charge is 0.123 e. The molecule has 0 nitrogen and oxygen atoms in total.